The largest absolute Gasteiger partial charge is 0.243 e. The predicted octanol–water partition coefficient (Wildman–Crippen LogP) is 2.70. The van der Waals surface area contributed by atoms with Gasteiger partial charge in [-0.1, -0.05) is 11.6 Å². The Balaban J connectivity index is 1.81. The fourth-order valence-corrected chi connectivity index (χ4v) is 6.10. The highest BCUT2D eigenvalue weighted by Crippen LogP contribution is 2.24. The highest BCUT2D eigenvalue weighted by atomic mass is 35.5. The molecular formula is C17H17ClF2N2O4S2. The van der Waals surface area contributed by atoms with Crippen LogP contribution in [0.25, 0.3) is 0 Å². The number of nitrogens with zero attached hydrogens (tertiary/aromatic N) is 2. The van der Waals surface area contributed by atoms with E-state index in [1.54, 1.807) is 0 Å². The molecule has 28 heavy (non-hydrogen) atoms. The van der Waals surface area contributed by atoms with Gasteiger partial charge < -0.3 is 0 Å². The van der Waals surface area contributed by atoms with Crippen LogP contribution in [0.3, 0.4) is 0 Å². The van der Waals surface area contributed by atoms with Crippen molar-refractivity contribution in [2.75, 3.05) is 26.2 Å². The molecule has 1 aliphatic heterocycles. The molecule has 1 aliphatic rings. The quantitative estimate of drug-likeness (QED) is 0.717. The molecule has 1 saturated heterocycles. The maximum Gasteiger partial charge on any atom is 0.243 e. The Hall–Kier alpha value is -1.59. The summed E-state index contributed by atoms with van der Waals surface area (Å²) < 4.78 is 79.8. The Kier molecular flexibility index (Phi) is 6.06. The zero-order valence-corrected chi connectivity index (χ0v) is 16.9. The molecule has 11 heteroatoms. The number of rotatable bonds is 4. The Morgan fingerprint density at radius 3 is 1.79 bits per heavy atom. The van der Waals surface area contributed by atoms with Crippen LogP contribution in [0.5, 0.6) is 0 Å². The van der Waals surface area contributed by atoms with Crippen molar-refractivity contribution in [1.82, 2.24) is 8.61 Å². The van der Waals surface area contributed by atoms with E-state index >= 15 is 0 Å². The first-order valence-electron chi connectivity index (χ1n) is 8.33. The third-order valence-electron chi connectivity index (χ3n) is 4.39. The van der Waals surface area contributed by atoms with Crippen LogP contribution in [0.4, 0.5) is 8.78 Å². The average molecular weight is 451 g/mol. The molecule has 0 bridgehead atoms. The molecule has 3 rings (SSSR count). The minimum Gasteiger partial charge on any atom is -0.207 e. The van der Waals surface area contributed by atoms with Crippen molar-refractivity contribution in [2.45, 2.75) is 16.2 Å². The summed E-state index contributed by atoms with van der Waals surface area (Å²) in [5, 5.41) is -0.309. The lowest BCUT2D eigenvalue weighted by molar-refractivity contribution is 0.404. The van der Waals surface area contributed by atoms with Gasteiger partial charge >= 0.3 is 0 Å². The fraction of sp³-hybridized carbons (Fsp3) is 0.294. The van der Waals surface area contributed by atoms with Gasteiger partial charge in [-0.2, -0.15) is 8.61 Å². The molecule has 2 aromatic rings. The number of hydrogen-bond donors (Lipinski definition) is 0. The first-order chi connectivity index (χ1) is 13.1. The topological polar surface area (TPSA) is 74.8 Å². The molecule has 1 heterocycles. The van der Waals surface area contributed by atoms with Crippen LogP contribution >= 0.6 is 11.6 Å². The molecule has 0 unspecified atom stereocenters. The summed E-state index contributed by atoms with van der Waals surface area (Å²) in [5.41, 5.74) is 0. The zero-order chi connectivity index (χ0) is 20.5. The molecule has 1 fully saturated rings. The van der Waals surface area contributed by atoms with Gasteiger partial charge in [0, 0.05) is 26.2 Å². The maximum atomic E-state index is 13.3. The van der Waals surface area contributed by atoms with Gasteiger partial charge in [0.15, 0.2) is 0 Å². The first-order valence-corrected chi connectivity index (χ1v) is 11.6. The van der Waals surface area contributed by atoms with E-state index in [9.17, 15) is 25.6 Å². The molecular weight excluding hydrogens is 434 g/mol. The Morgan fingerprint density at radius 1 is 0.750 bits per heavy atom. The smallest absolute Gasteiger partial charge is 0.207 e. The van der Waals surface area contributed by atoms with Gasteiger partial charge in [0.2, 0.25) is 20.0 Å². The van der Waals surface area contributed by atoms with Crippen molar-refractivity contribution in [3.63, 3.8) is 0 Å². The van der Waals surface area contributed by atoms with Crippen molar-refractivity contribution in [3.05, 3.63) is 59.1 Å². The van der Waals surface area contributed by atoms with Gasteiger partial charge in [0.05, 0.1) is 14.8 Å². The van der Waals surface area contributed by atoms with Crippen LogP contribution in [0.1, 0.15) is 6.42 Å². The Morgan fingerprint density at radius 2 is 1.25 bits per heavy atom. The summed E-state index contributed by atoms with van der Waals surface area (Å²) in [7, 11) is -7.83. The molecule has 0 saturated carbocycles. The van der Waals surface area contributed by atoms with Crippen molar-refractivity contribution in [1.29, 1.82) is 0 Å². The van der Waals surface area contributed by atoms with E-state index in [0.29, 0.717) is 0 Å². The average Bonchev–Trinajstić information content (AvgIpc) is 2.91. The van der Waals surface area contributed by atoms with Crippen LogP contribution in [0, 0.1) is 11.6 Å². The van der Waals surface area contributed by atoms with Gasteiger partial charge in [-0.15, -0.1) is 0 Å². The van der Waals surface area contributed by atoms with Gasteiger partial charge in [-0.05, 0) is 48.9 Å². The predicted molar refractivity (Wildman–Crippen MR) is 99.9 cm³/mol. The zero-order valence-electron chi connectivity index (χ0n) is 14.6. The normalized spacial score (nSPS) is 17.4. The van der Waals surface area contributed by atoms with E-state index in [1.165, 1.54) is 16.4 Å². The summed E-state index contributed by atoms with van der Waals surface area (Å²) >= 11 is 5.68. The molecule has 0 radical (unpaired) electrons. The first kappa shape index (κ1) is 21.1. The van der Waals surface area contributed by atoms with Gasteiger partial charge in [-0.3, -0.25) is 0 Å². The lowest BCUT2D eigenvalue weighted by Crippen LogP contribution is -2.37. The molecule has 0 spiro atoms. The minimum absolute atomic E-state index is 0.0597. The number of hydrogen-bond acceptors (Lipinski definition) is 4. The van der Waals surface area contributed by atoms with Gasteiger partial charge in [0.25, 0.3) is 0 Å². The SMILES string of the molecule is O=S(=O)(c1ccc(F)cc1)N1CCCN(S(=O)(=O)c2ccc(F)c(Cl)c2)CC1. The minimum atomic E-state index is -3.95. The van der Waals surface area contributed by atoms with E-state index in [2.05, 4.69) is 0 Å². The fourth-order valence-electron chi connectivity index (χ4n) is 2.89. The molecule has 152 valence electrons. The molecule has 0 aliphatic carbocycles. The molecule has 0 aromatic heterocycles. The highest BCUT2D eigenvalue weighted by Gasteiger charge is 2.32. The van der Waals surface area contributed by atoms with Gasteiger partial charge in [-0.25, -0.2) is 25.6 Å². The van der Waals surface area contributed by atoms with Crippen molar-refractivity contribution in [3.8, 4) is 0 Å². The lowest BCUT2D eigenvalue weighted by Gasteiger charge is -2.22. The third-order valence-corrected chi connectivity index (χ3v) is 8.49. The second kappa shape index (κ2) is 8.03. The number of halogens is 3. The van der Waals surface area contributed by atoms with E-state index in [4.69, 9.17) is 11.6 Å². The summed E-state index contributed by atoms with van der Waals surface area (Å²) in [5.74, 6) is -1.28. The van der Waals surface area contributed by atoms with Gasteiger partial charge in [0.1, 0.15) is 11.6 Å². The summed E-state index contributed by atoms with van der Waals surface area (Å²) in [6, 6.07) is 7.57. The second-order valence-electron chi connectivity index (χ2n) is 6.19. The Labute approximate surface area is 167 Å². The van der Waals surface area contributed by atoms with E-state index in [1.807, 2.05) is 0 Å². The second-order valence-corrected chi connectivity index (χ2v) is 10.5. The summed E-state index contributed by atoms with van der Waals surface area (Å²) in [6.07, 6.45) is 0.272. The maximum absolute atomic E-state index is 13.3. The Bertz CT molecular complexity index is 1080. The van der Waals surface area contributed by atoms with Crippen molar-refractivity contribution < 1.29 is 25.6 Å². The third kappa shape index (κ3) is 4.20. The van der Waals surface area contributed by atoms with Crippen LogP contribution in [0.2, 0.25) is 5.02 Å². The van der Waals surface area contributed by atoms with Crippen LogP contribution in [0.15, 0.2) is 52.3 Å². The van der Waals surface area contributed by atoms with E-state index < -0.39 is 31.7 Å². The molecule has 0 N–H and O–H groups in total. The number of benzene rings is 2. The van der Waals surface area contributed by atoms with Crippen LogP contribution in [-0.4, -0.2) is 51.6 Å². The summed E-state index contributed by atoms with van der Waals surface area (Å²) in [4.78, 5) is -0.218. The van der Waals surface area contributed by atoms with Crippen molar-refractivity contribution >= 4 is 31.6 Å². The van der Waals surface area contributed by atoms with Crippen molar-refractivity contribution in [2.24, 2.45) is 0 Å². The molecule has 0 amide bonds. The molecule has 0 atom stereocenters. The monoisotopic (exact) mass is 450 g/mol. The summed E-state index contributed by atoms with van der Waals surface area (Å²) in [6.45, 7) is 0.0916. The number of sulfonamides is 2. The molecule has 2 aromatic carbocycles. The standard InChI is InChI=1S/C17H17ClF2N2O4S2/c18-16-12-15(6-7-17(16)20)28(25,26)22-9-1-8-21(10-11-22)27(23,24)14-4-2-13(19)3-5-14/h2-7,12H,1,8-11H2. The van der Waals surface area contributed by atoms with E-state index in [0.717, 1.165) is 34.6 Å². The van der Waals surface area contributed by atoms with Crippen LogP contribution < -0.4 is 0 Å². The lowest BCUT2D eigenvalue weighted by atomic mass is 10.3. The van der Waals surface area contributed by atoms with E-state index in [-0.39, 0.29) is 47.4 Å². The molecule has 6 nitrogen and oxygen atoms in total. The van der Waals surface area contributed by atoms with Crippen LogP contribution in [-0.2, 0) is 20.0 Å². The highest BCUT2D eigenvalue weighted by molar-refractivity contribution is 7.89.